The largest absolute Gasteiger partial charge is 0.480 e. The first-order valence-corrected chi connectivity index (χ1v) is 7.43. The maximum Gasteiger partial charge on any atom is 0.174 e. The summed E-state index contributed by atoms with van der Waals surface area (Å²) in [6, 6.07) is 8.71. The molecule has 3 aromatic rings. The Morgan fingerprint density at radius 1 is 1.08 bits per heavy atom. The van der Waals surface area contributed by atoms with Crippen molar-refractivity contribution >= 4 is 0 Å². The minimum absolute atomic E-state index is 0.0479. The van der Waals surface area contributed by atoms with Crippen molar-refractivity contribution in [2.24, 2.45) is 0 Å². The van der Waals surface area contributed by atoms with E-state index in [2.05, 4.69) is 15.1 Å². The van der Waals surface area contributed by atoms with E-state index in [1.54, 1.807) is 24.6 Å². The molecule has 0 N–H and O–H groups in total. The fourth-order valence-electron chi connectivity index (χ4n) is 2.32. The van der Waals surface area contributed by atoms with E-state index in [0.717, 1.165) is 17.8 Å². The van der Waals surface area contributed by atoms with Gasteiger partial charge in [0, 0.05) is 11.8 Å². The van der Waals surface area contributed by atoms with E-state index >= 15 is 0 Å². The minimum Gasteiger partial charge on any atom is -0.480 e. The number of benzene rings is 1. The van der Waals surface area contributed by atoms with Gasteiger partial charge in [-0.15, -0.1) is 5.10 Å². The third-order valence-electron chi connectivity index (χ3n) is 3.39. The van der Waals surface area contributed by atoms with Crippen molar-refractivity contribution in [2.45, 2.75) is 26.9 Å². The summed E-state index contributed by atoms with van der Waals surface area (Å²) in [6.45, 7) is 5.35. The molecule has 5 nitrogen and oxygen atoms in total. The Morgan fingerprint density at radius 3 is 2.58 bits per heavy atom. The number of aryl methyl sites for hydroxylation is 2. The van der Waals surface area contributed by atoms with Gasteiger partial charge < -0.3 is 4.74 Å². The van der Waals surface area contributed by atoms with Gasteiger partial charge in [0.25, 0.3) is 0 Å². The normalized spacial score (nSPS) is 12.2. The van der Waals surface area contributed by atoms with Gasteiger partial charge in [0.2, 0.25) is 0 Å². The molecule has 7 heteroatoms. The maximum absolute atomic E-state index is 13.8. The number of halogens is 2. The summed E-state index contributed by atoms with van der Waals surface area (Å²) < 4.78 is 34.0. The molecule has 0 spiro atoms. The molecule has 3 rings (SSSR count). The van der Waals surface area contributed by atoms with Crippen LogP contribution in [0.5, 0.6) is 5.75 Å². The average Bonchev–Trinajstić information content (AvgIpc) is 2.92. The predicted octanol–water partition coefficient (Wildman–Crippen LogP) is 3.70. The monoisotopic (exact) mass is 330 g/mol. The Kier molecular flexibility index (Phi) is 4.24. The molecule has 24 heavy (non-hydrogen) atoms. The number of hydrogen-bond acceptors (Lipinski definition) is 4. The van der Waals surface area contributed by atoms with E-state index in [4.69, 9.17) is 4.74 Å². The molecule has 0 unspecified atom stereocenters. The zero-order valence-electron chi connectivity index (χ0n) is 13.5. The second-order valence-electron chi connectivity index (χ2n) is 5.40. The fourth-order valence-corrected chi connectivity index (χ4v) is 2.32. The fraction of sp³-hybridized carbons (Fsp3) is 0.235. The lowest BCUT2D eigenvalue weighted by Gasteiger charge is -2.15. The van der Waals surface area contributed by atoms with Gasteiger partial charge in [-0.05, 0) is 45.0 Å². The van der Waals surface area contributed by atoms with Crippen LogP contribution in [0.1, 0.15) is 30.4 Å². The lowest BCUT2D eigenvalue weighted by atomic mass is 10.3. The van der Waals surface area contributed by atoms with Gasteiger partial charge in [0.1, 0.15) is 11.6 Å². The summed E-state index contributed by atoms with van der Waals surface area (Å²) >= 11 is 0. The van der Waals surface area contributed by atoms with Gasteiger partial charge in [0.15, 0.2) is 29.3 Å². The van der Waals surface area contributed by atoms with Crippen molar-refractivity contribution in [1.82, 2.24) is 19.7 Å². The summed E-state index contributed by atoms with van der Waals surface area (Å²) in [7, 11) is 0. The Morgan fingerprint density at radius 2 is 1.88 bits per heavy atom. The number of aromatic nitrogens is 4. The van der Waals surface area contributed by atoms with Crippen LogP contribution >= 0.6 is 0 Å². The van der Waals surface area contributed by atoms with Crippen LogP contribution < -0.4 is 4.74 Å². The van der Waals surface area contributed by atoms with E-state index in [0.29, 0.717) is 17.5 Å². The standard InChI is InChI=1S/C17H16F2N4O/c1-10-5-4-6-16(20-10)23-17(21-12(3)22-23)11(2)24-15-8-7-13(18)9-14(15)19/h4-9,11H,1-3H3/t11-/m0/s1. The summed E-state index contributed by atoms with van der Waals surface area (Å²) in [5, 5.41) is 4.33. The molecular formula is C17H16F2N4O. The highest BCUT2D eigenvalue weighted by molar-refractivity contribution is 5.27. The van der Waals surface area contributed by atoms with Crippen LogP contribution in [0.3, 0.4) is 0 Å². The predicted molar refractivity (Wildman–Crippen MR) is 84.0 cm³/mol. The third-order valence-corrected chi connectivity index (χ3v) is 3.39. The molecule has 1 atom stereocenters. The number of rotatable bonds is 4. The molecule has 0 bridgehead atoms. The molecule has 0 amide bonds. The van der Waals surface area contributed by atoms with Crippen LogP contribution in [0.15, 0.2) is 36.4 Å². The van der Waals surface area contributed by atoms with Crippen LogP contribution in [0.2, 0.25) is 0 Å². The molecule has 2 aromatic heterocycles. The van der Waals surface area contributed by atoms with Crippen LogP contribution in [-0.4, -0.2) is 19.7 Å². The first-order valence-electron chi connectivity index (χ1n) is 7.43. The number of pyridine rings is 1. The van der Waals surface area contributed by atoms with Gasteiger partial charge in [-0.25, -0.2) is 18.7 Å². The SMILES string of the molecule is Cc1cccc(-n2nc(C)nc2[C@H](C)Oc2ccc(F)cc2F)n1. The molecule has 124 valence electrons. The first kappa shape index (κ1) is 16.0. The van der Waals surface area contributed by atoms with Crippen molar-refractivity contribution < 1.29 is 13.5 Å². The van der Waals surface area contributed by atoms with Crippen molar-refractivity contribution in [3.05, 3.63) is 65.4 Å². The van der Waals surface area contributed by atoms with Gasteiger partial charge in [0.05, 0.1) is 0 Å². The van der Waals surface area contributed by atoms with Crippen LogP contribution in [0, 0.1) is 25.5 Å². The molecule has 0 aliphatic heterocycles. The molecule has 0 saturated heterocycles. The van der Waals surface area contributed by atoms with E-state index in [1.807, 2.05) is 19.1 Å². The minimum atomic E-state index is -0.765. The van der Waals surface area contributed by atoms with Crippen molar-refractivity contribution in [3.8, 4) is 11.6 Å². The number of hydrogen-bond donors (Lipinski definition) is 0. The van der Waals surface area contributed by atoms with Gasteiger partial charge >= 0.3 is 0 Å². The third kappa shape index (κ3) is 3.24. The molecule has 0 saturated carbocycles. The summed E-state index contributed by atoms with van der Waals surface area (Å²) in [4.78, 5) is 8.77. The van der Waals surface area contributed by atoms with Crippen molar-refractivity contribution in [1.29, 1.82) is 0 Å². The summed E-state index contributed by atoms with van der Waals surface area (Å²) in [5.41, 5.74) is 0.838. The summed E-state index contributed by atoms with van der Waals surface area (Å²) in [5.74, 6) is 0.153. The van der Waals surface area contributed by atoms with E-state index in [-0.39, 0.29) is 5.75 Å². The zero-order chi connectivity index (χ0) is 17.3. The second kappa shape index (κ2) is 6.35. The molecule has 0 aliphatic rings. The highest BCUT2D eigenvalue weighted by atomic mass is 19.1. The van der Waals surface area contributed by atoms with Gasteiger partial charge in [-0.3, -0.25) is 0 Å². The Bertz CT molecular complexity index is 879. The highest BCUT2D eigenvalue weighted by Crippen LogP contribution is 2.25. The maximum atomic E-state index is 13.8. The molecular weight excluding hydrogens is 314 g/mol. The Balaban J connectivity index is 1.94. The molecule has 0 fully saturated rings. The average molecular weight is 330 g/mol. The zero-order valence-corrected chi connectivity index (χ0v) is 13.5. The Hall–Kier alpha value is -2.83. The van der Waals surface area contributed by atoms with E-state index in [9.17, 15) is 8.78 Å². The van der Waals surface area contributed by atoms with E-state index in [1.165, 1.54) is 6.07 Å². The lowest BCUT2D eigenvalue weighted by molar-refractivity contribution is 0.203. The number of ether oxygens (including phenoxy) is 1. The first-order chi connectivity index (χ1) is 11.4. The highest BCUT2D eigenvalue weighted by Gasteiger charge is 2.20. The molecule has 1 aromatic carbocycles. The number of nitrogens with zero attached hydrogens (tertiary/aromatic N) is 4. The molecule has 0 radical (unpaired) electrons. The Labute approximate surface area is 137 Å². The van der Waals surface area contributed by atoms with E-state index < -0.39 is 17.7 Å². The van der Waals surface area contributed by atoms with Crippen molar-refractivity contribution in [2.75, 3.05) is 0 Å². The topological polar surface area (TPSA) is 52.8 Å². The van der Waals surface area contributed by atoms with Gasteiger partial charge in [-0.2, -0.15) is 4.68 Å². The second-order valence-corrected chi connectivity index (χ2v) is 5.40. The van der Waals surface area contributed by atoms with Gasteiger partial charge in [-0.1, -0.05) is 6.07 Å². The quantitative estimate of drug-likeness (QED) is 0.732. The smallest absolute Gasteiger partial charge is 0.174 e. The van der Waals surface area contributed by atoms with Crippen LogP contribution in [-0.2, 0) is 0 Å². The lowest BCUT2D eigenvalue weighted by Crippen LogP contribution is -2.13. The molecule has 0 aliphatic carbocycles. The van der Waals surface area contributed by atoms with Crippen LogP contribution in [0.25, 0.3) is 5.82 Å². The summed E-state index contributed by atoms with van der Waals surface area (Å²) in [6.07, 6.45) is -0.603. The van der Waals surface area contributed by atoms with Crippen LogP contribution in [0.4, 0.5) is 8.78 Å². The molecule has 2 heterocycles. The van der Waals surface area contributed by atoms with Crippen molar-refractivity contribution in [3.63, 3.8) is 0 Å².